The maximum atomic E-state index is 16.3. The van der Waals surface area contributed by atoms with Crippen LogP contribution in [-0.4, -0.2) is 78.6 Å². The number of piperidine rings is 2. The van der Waals surface area contributed by atoms with Crippen LogP contribution < -0.4 is 15.1 Å². The van der Waals surface area contributed by atoms with E-state index >= 15 is 4.39 Å². The van der Waals surface area contributed by atoms with Crippen LogP contribution in [-0.2, 0) is 17.8 Å². The van der Waals surface area contributed by atoms with E-state index in [0.29, 0.717) is 30.9 Å². The second-order valence-corrected chi connectivity index (χ2v) is 16.3. The topological polar surface area (TPSA) is 79.4 Å². The fraction of sp³-hybridized carbons (Fsp3) is 0.391. The van der Waals surface area contributed by atoms with Gasteiger partial charge in [-0.3, -0.25) is 14.5 Å². The van der Waals surface area contributed by atoms with Gasteiger partial charge in [-0.1, -0.05) is 49.0 Å². The molecule has 0 spiro atoms. The molecule has 4 aliphatic heterocycles. The number of piperazine rings is 1. The van der Waals surface area contributed by atoms with Gasteiger partial charge in [0.2, 0.25) is 5.91 Å². The first-order chi connectivity index (χ1) is 26.8. The normalized spacial score (nSPS) is 23.5. The van der Waals surface area contributed by atoms with Crippen LogP contribution >= 0.6 is 0 Å². The predicted octanol–water partition coefficient (Wildman–Crippen LogP) is 7.18. The molecule has 9 rings (SSSR count). The second-order valence-electron chi connectivity index (χ2n) is 16.3. The van der Waals surface area contributed by atoms with E-state index in [2.05, 4.69) is 69.1 Å². The highest BCUT2D eigenvalue weighted by Crippen LogP contribution is 2.48. The third-order valence-electron chi connectivity index (χ3n) is 13.0. The van der Waals surface area contributed by atoms with Crippen molar-refractivity contribution >= 4 is 23.2 Å². The average Bonchev–Trinajstić information content (AvgIpc) is 3.53. The molecule has 284 valence electrons. The fourth-order valence-electron chi connectivity index (χ4n) is 9.98. The van der Waals surface area contributed by atoms with Crippen molar-refractivity contribution < 1.29 is 19.1 Å². The van der Waals surface area contributed by atoms with Crippen molar-refractivity contribution in [3.05, 3.63) is 136 Å². The van der Waals surface area contributed by atoms with Crippen molar-refractivity contribution in [3.8, 4) is 5.75 Å². The number of aromatic hydroxyl groups is 1. The third-order valence-corrected chi connectivity index (χ3v) is 13.0. The molecule has 3 saturated heterocycles. The van der Waals surface area contributed by atoms with E-state index in [1.807, 2.05) is 30.3 Å². The van der Waals surface area contributed by atoms with Crippen LogP contribution in [0.5, 0.6) is 5.75 Å². The van der Waals surface area contributed by atoms with Gasteiger partial charge < -0.3 is 25.1 Å². The monoisotopic (exact) mass is 739 g/mol. The summed E-state index contributed by atoms with van der Waals surface area (Å²) in [7, 11) is 0. The van der Waals surface area contributed by atoms with Crippen molar-refractivity contribution in [1.82, 2.24) is 15.1 Å². The van der Waals surface area contributed by atoms with E-state index in [1.54, 1.807) is 17.0 Å². The van der Waals surface area contributed by atoms with Crippen LogP contribution in [0.4, 0.5) is 15.8 Å². The average molecular weight is 740 g/mol. The summed E-state index contributed by atoms with van der Waals surface area (Å²) in [6, 6.07) is 27.6. The zero-order valence-electron chi connectivity index (χ0n) is 31.4. The van der Waals surface area contributed by atoms with E-state index in [9.17, 15) is 14.7 Å². The third kappa shape index (κ3) is 6.99. The van der Waals surface area contributed by atoms with Crippen LogP contribution in [0.1, 0.15) is 82.1 Å². The minimum Gasteiger partial charge on any atom is -0.508 e. The number of benzene rings is 4. The van der Waals surface area contributed by atoms with Gasteiger partial charge in [0.25, 0.3) is 5.91 Å². The number of nitrogens with zero attached hydrogens (tertiary/aromatic N) is 4. The number of carbonyl (C=O) groups excluding carboxylic acids is 2. The molecule has 4 heterocycles. The summed E-state index contributed by atoms with van der Waals surface area (Å²) in [5.74, 6) is 0.587. The predicted molar refractivity (Wildman–Crippen MR) is 214 cm³/mol. The molecule has 0 radical (unpaired) electrons. The summed E-state index contributed by atoms with van der Waals surface area (Å²) in [6.45, 7) is 11.1. The lowest BCUT2D eigenvalue weighted by Gasteiger charge is -2.40. The number of anilines is 2. The number of aryl methyl sites for hydroxylation is 1. The molecule has 4 aromatic rings. The number of hydrogen-bond acceptors (Lipinski definition) is 6. The summed E-state index contributed by atoms with van der Waals surface area (Å²) in [5.41, 5.74) is 8.70. The summed E-state index contributed by atoms with van der Waals surface area (Å²) >= 11 is 0. The first kappa shape index (κ1) is 35.5. The first-order valence-electron chi connectivity index (χ1n) is 20.1. The number of nitrogens with one attached hydrogen (secondary N) is 1. The van der Waals surface area contributed by atoms with Crippen molar-refractivity contribution in [2.24, 2.45) is 5.92 Å². The molecule has 55 heavy (non-hydrogen) atoms. The van der Waals surface area contributed by atoms with E-state index in [0.717, 1.165) is 111 Å². The van der Waals surface area contributed by atoms with Gasteiger partial charge in [-0.25, -0.2) is 4.39 Å². The van der Waals surface area contributed by atoms with Gasteiger partial charge in [0, 0.05) is 80.9 Å². The highest BCUT2D eigenvalue weighted by Gasteiger charge is 2.39. The van der Waals surface area contributed by atoms with Gasteiger partial charge >= 0.3 is 0 Å². The Balaban J connectivity index is 0.794. The van der Waals surface area contributed by atoms with E-state index in [-0.39, 0.29) is 35.2 Å². The molecule has 0 bridgehead atoms. The summed E-state index contributed by atoms with van der Waals surface area (Å²) in [4.78, 5) is 34.9. The molecule has 1 aliphatic carbocycles. The maximum absolute atomic E-state index is 16.3. The fourth-order valence-corrected chi connectivity index (χ4v) is 9.98. The summed E-state index contributed by atoms with van der Waals surface area (Å²) < 4.78 is 16.3. The lowest BCUT2D eigenvalue weighted by atomic mass is 9.69. The van der Waals surface area contributed by atoms with Crippen LogP contribution in [0.25, 0.3) is 0 Å². The van der Waals surface area contributed by atoms with Crippen LogP contribution in [0.2, 0.25) is 0 Å². The second kappa shape index (κ2) is 14.8. The quantitative estimate of drug-likeness (QED) is 0.209. The Morgan fingerprint density at radius 2 is 1.47 bits per heavy atom. The molecule has 3 fully saturated rings. The van der Waals surface area contributed by atoms with Gasteiger partial charge in [0.05, 0.1) is 0 Å². The van der Waals surface area contributed by atoms with Crippen molar-refractivity contribution in [1.29, 1.82) is 0 Å². The Bertz CT molecular complexity index is 2110. The van der Waals surface area contributed by atoms with E-state index in [4.69, 9.17) is 0 Å². The van der Waals surface area contributed by atoms with Gasteiger partial charge in [-0.2, -0.15) is 0 Å². The number of halogens is 1. The molecular weight excluding hydrogens is 690 g/mol. The minimum atomic E-state index is -0.443. The molecule has 5 aliphatic rings. The number of carbonyl (C=O) groups is 2. The number of allylic oxidation sites excluding steroid dienone is 1. The SMILES string of the molecule is C=C1CCC(N2Cc3cc(N4CCN(CC5CCN(c6ccc([C@@H]7c8ccc(O)cc8CC[C@@H]7c7ccccc7)c(F)c6)CC5)CC4)ccc3C2=O)C(=O)N1. The Morgan fingerprint density at radius 3 is 2.24 bits per heavy atom. The number of hydrogen-bond donors (Lipinski definition) is 2. The van der Waals surface area contributed by atoms with Crippen LogP contribution in [0, 0.1) is 11.7 Å². The lowest BCUT2D eigenvalue weighted by molar-refractivity contribution is -0.126. The Kier molecular flexibility index (Phi) is 9.58. The number of phenolic OH excluding ortho intramolecular Hbond substituents is 1. The lowest BCUT2D eigenvalue weighted by Crippen LogP contribution is -2.49. The molecule has 2 amide bonds. The summed E-state index contributed by atoms with van der Waals surface area (Å²) in [5, 5.41) is 13.0. The zero-order valence-corrected chi connectivity index (χ0v) is 31.4. The molecule has 0 aromatic heterocycles. The largest absolute Gasteiger partial charge is 0.508 e. The number of fused-ring (bicyclic) bond motifs is 2. The van der Waals surface area contributed by atoms with Gasteiger partial charge in [0.15, 0.2) is 0 Å². The molecule has 3 atom stereocenters. The Morgan fingerprint density at radius 1 is 0.745 bits per heavy atom. The number of rotatable bonds is 7. The van der Waals surface area contributed by atoms with Crippen molar-refractivity contribution in [2.75, 3.05) is 55.6 Å². The molecule has 0 saturated carbocycles. The number of amides is 2. The smallest absolute Gasteiger partial charge is 0.255 e. The van der Waals surface area contributed by atoms with Gasteiger partial charge in [-0.15, -0.1) is 0 Å². The molecular formula is C46H50FN5O3. The molecule has 8 nitrogen and oxygen atoms in total. The van der Waals surface area contributed by atoms with Crippen molar-refractivity contribution in [3.63, 3.8) is 0 Å². The van der Waals surface area contributed by atoms with Crippen LogP contribution in [0.15, 0.2) is 97.2 Å². The zero-order chi connectivity index (χ0) is 37.6. The van der Waals surface area contributed by atoms with E-state index in [1.165, 1.54) is 5.56 Å². The summed E-state index contributed by atoms with van der Waals surface area (Å²) in [6.07, 6.45) is 5.25. The molecule has 2 N–H and O–H groups in total. The first-order valence-corrected chi connectivity index (χ1v) is 20.1. The highest BCUT2D eigenvalue weighted by atomic mass is 19.1. The Hall–Kier alpha value is -5.15. The molecule has 1 unspecified atom stereocenters. The molecule has 4 aromatic carbocycles. The van der Waals surface area contributed by atoms with Gasteiger partial charge in [-0.05, 0) is 121 Å². The van der Waals surface area contributed by atoms with Crippen LogP contribution in [0.3, 0.4) is 0 Å². The van der Waals surface area contributed by atoms with E-state index < -0.39 is 6.04 Å². The molecule has 9 heteroatoms. The Labute approximate surface area is 323 Å². The number of phenols is 1. The standard InChI is InChI=1S/C46H50FN5O3/c1-30-7-16-43(45(54)48-30)52-29-34-25-35(9-13-40(34)46(52)55)51-23-21-49(22-24-51)28-31-17-19-50(20-18-31)36-10-14-41(42(47)27-36)44-38(32-5-3-2-4-6-32)12-8-33-26-37(53)11-15-39(33)44/h2-6,9-11,13-15,25-27,31,38,43-44,53H,1,7-8,12,16-24,28-29H2,(H,48,54)/t38-,43?,44+/m1/s1. The minimum absolute atomic E-state index is 0.0580. The van der Waals surface area contributed by atoms with Crippen molar-refractivity contribution in [2.45, 2.75) is 62.9 Å². The maximum Gasteiger partial charge on any atom is 0.255 e. The highest BCUT2D eigenvalue weighted by molar-refractivity contribution is 6.01. The van der Waals surface area contributed by atoms with Gasteiger partial charge in [0.1, 0.15) is 17.6 Å².